The fraction of sp³-hybridized carbons (Fsp3) is 0.500. The molecule has 4 heteroatoms. The number of unbranched alkanes of at least 4 members (excludes halogenated alkanes) is 1. The molecule has 3 N–H and O–H groups in total. The van der Waals surface area contributed by atoms with Crippen molar-refractivity contribution in [2.24, 2.45) is 5.73 Å². The van der Waals surface area contributed by atoms with Gasteiger partial charge >= 0.3 is 0 Å². The van der Waals surface area contributed by atoms with E-state index in [1.807, 2.05) is 32.0 Å². The van der Waals surface area contributed by atoms with E-state index in [1.165, 1.54) is 5.56 Å². The number of amides is 1. The largest absolute Gasteiger partial charge is 0.330 e. The average Bonchev–Trinajstić information content (AvgIpc) is 2.35. The number of nitrogens with two attached hydrogens (primary N) is 1. The first-order chi connectivity index (χ1) is 8.65. The molecule has 0 atom stereocenters. The third-order valence-corrected chi connectivity index (χ3v) is 3.90. The Balaban J connectivity index is 2.34. The van der Waals surface area contributed by atoms with Crippen molar-refractivity contribution in [1.82, 2.24) is 0 Å². The number of aryl methyl sites for hydroxylation is 1. The molecule has 18 heavy (non-hydrogen) atoms. The summed E-state index contributed by atoms with van der Waals surface area (Å²) in [4.78, 5) is 11.8. The Hall–Kier alpha value is -1.00. The monoisotopic (exact) mass is 266 g/mol. The summed E-state index contributed by atoms with van der Waals surface area (Å²) in [5.74, 6) is 1.58. The molecule has 1 rings (SSSR count). The molecule has 0 aliphatic heterocycles. The molecule has 0 aliphatic carbocycles. The van der Waals surface area contributed by atoms with Crippen LogP contribution in [0.3, 0.4) is 0 Å². The van der Waals surface area contributed by atoms with Crippen molar-refractivity contribution in [3.05, 3.63) is 29.3 Å². The maximum atomic E-state index is 11.8. The Kier molecular flexibility index (Phi) is 6.83. The summed E-state index contributed by atoms with van der Waals surface area (Å²) in [6, 6.07) is 5.96. The lowest BCUT2D eigenvalue weighted by Crippen LogP contribution is -2.15. The van der Waals surface area contributed by atoms with Crippen LogP contribution in [0, 0.1) is 13.8 Å². The smallest absolute Gasteiger partial charge is 0.234 e. The lowest BCUT2D eigenvalue weighted by Gasteiger charge is -2.10. The summed E-state index contributed by atoms with van der Waals surface area (Å²) in [7, 11) is 0. The van der Waals surface area contributed by atoms with E-state index in [9.17, 15) is 4.79 Å². The standard InChI is InChI=1S/C14H22N2OS/c1-11-6-5-7-13(12(11)2)16-14(17)10-18-9-4-3-8-15/h5-7H,3-4,8-10,15H2,1-2H3,(H,16,17). The van der Waals surface area contributed by atoms with Gasteiger partial charge in [-0.05, 0) is 56.2 Å². The number of hydrogen-bond donors (Lipinski definition) is 2. The van der Waals surface area contributed by atoms with E-state index in [0.717, 1.165) is 36.4 Å². The zero-order chi connectivity index (χ0) is 13.4. The molecule has 100 valence electrons. The third-order valence-electron chi connectivity index (χ3n) is 2.85. The van der Waals surface area contributed by atoms with Crippen molar-refractivity contribution in [3.8, 4) is 0 Å². The lowest BCUT2D eigenvalue weighted by atomic mass is 10.1. The molecule has 0 heterocycles. The molecule has 1 aromatic carbocycles. The predicted molar refractivity (Wildman–Crippen MR) is 80.2 cm³/mol. The number of benzene rings is 1. The molecule has 0 bridgehead atoms. The van der Waals surface area contributed by atoms with Gasteiger partial charge in [0.05, 0.1) is 5.75 Å². The molecule has 0 radical (unpaired) electrons. The van der Waals surface area contributed by atoms with Gasteiger partial charge in [-0.2, -0.15) is 11.8 Å². The van der Waals surface area contributed by atoms with Crippen LogP contribution in [-0.2, 0) is 4.79 Å². The van der Waals surface area contributed by atoms with Crippen LogP contribution in [0.5, 0.6) is 0 Å². The van der Waals surface area contributed by atoms with Gasteiger partial charge in [-0.3, -0.25) is 4.79 Å². The minimum Gasteiger partial charge on any atom is -0.330 e. The zero-order valence-corrected chi connectivity index (χ0v) is 12.0. The summed E-state index contributed by atoms with van der Waals surface area (Å²) in [5.41, 5.74) is 8.67. The van der Waals surface area contributed by atoms with Crippen molar-refractivity contribution in [2.45, 2.75) is 26.7 Å². The quantitative estimate of drug-likeness (QED) is 0.746. The highest BCUT2D eigenvalue weighted by Gasteiger charge is 2.05. The van der Waals surface area contributed by atoms with Crippen molar-refractivity contribution in [2.75, 3.05) is 23.4 Å². The third kappa shape index (κ3) is 5.10. The van der Waals surface area contributed by atoms with Crippen LogP contribution >= 0.6 is 11.8 Å². The molecular formula is C14H22N2OS. The Morgan fingerprint density at radius 3 is 2.83 bits per heavy atom. The Bertz CT molecular complexity index is 393. The van der Waals surface area contributed by atoms with E-state index in [1.54, 1.807) is 11.8 Å². The Labute approximate surface area is 114 Å². The van der Waals surface area contributed by atoms with Crippen molar-refractivity contribution in [3.63, 3.8) is 0 Å². The molecule has 0 aliphatic rings. The maximum Gasteiger partial charge on any atom is 0.234 e. The second kappa shape index (κ2) is 8.16. The van der Waals surface area contributed by atoms with E-state index in [4.69, 9.17) is 5.73 Å². The summed E-state index contributed by atoms with van der Waals surface area (Å²) < 4.78 is 0. The fourth-order valence-electron chi connectivity index (χ4n) is 1.59. The van der Waals surface area contributed by atoms with Crippen LogP contribution in [0.1, 0.15) is 24.0 Å². The first kappa shape index (κ1) is 15.1. The molecule has 0 saturated heterocycles. The molecule has 0 fully saturated rings. The SMILES string of the molecule is Cc1cccc(NC(=O)CSCCCCN)c1C. The number of hydrogen-bond acceptors (Lipinski definition) is 3. The predicted octanol–water partition coefficient (Wildman–Crippen LogP) is 2.71. The number of anilines is 1. The number of carbonyl (C=O) groups is 1. The second-order valence-electron chi connectivity index (χ2n) is 4.34. The number of nitrogens with one attached hydrogen (secondary N) is 1. The summed E-state index contributed by atoms with van der Waals surface area (Å²) in [5, 5.41) is 2.96. The fourth-order valence-corrected chi connectivity index (χ4v) is 2.40. The first-order valence-corrected chi connectivity index (χ1v) is 7.44. The number of thioether (sulfide) groups is 1. The van der Waals surface area contributed by atoms with E-state index in [-0.39, 0.29) is 5.91 Å². The van der Waals surface area contributed by atoms with Gasteiger partial charge in [0.2, 0.25) is 5.91 Å². The van der Waals surface area contributed by atoms with Crippen LogP contribution in [0.15, 0.2) is 18.2 Å². The Morgan fingerprint density at radius 2 is 2.11 bits per heavy atom. The van der Waals surface area contributed by atoms with Gasteiger partial charge in [0.25, 0.3) is 0 Å². The molecule has 0 saturated carbocycles. The van der Waals surface area contributed by atoms with E-state index in [0.29, 0.717) is 5.75 Å². The highest BCUT2D eigenvalue weighted by atomic mass is 32.2. The first-order valence-electron chi connectivity index (χ1n) is 6.29. The van der Waals surface area contributed by atoms with Crippen LogP contribution in [0.2, 0.25) is 0 Å². The molecule has 3 nitrogen and oxygen atoms in total. The maximum absolute atomic E-state index is 11.8. The minimum atomic E-state index is 0.0708. The van der Waals surface area contributed by atoms with Crippen molar-refractivity contribution in [1.29, 1.82) is 0 Å². The van der Waals surface area contributed by atoms with Crippen molar-refractivity contribution >= 4 is 23.4 Å². The number of carbonyl (C=O) groups excluding carboxylic acids is 1. The van der Waals surface area contributed by atoms with Crippen LogP contribution in [0.4, 0.5) is 5.69 Å². The topological polar surface area (TPSA) is 55.1 Å². The highest BCUT2D eigenvalue weighted by molar-refractivity contribution is 7.99. The summed E-state index contributed by atoms with van der Waals surface area (Å²) >= 11 is 1.66. The minimum absolute atomic E-state index is 0.0708. The van der Waals surface area contributed by atoms with E-state index >= 15 is 0 Å². The van der Waals surface area contributed by atoms with Crippen LogP contribution < -0.4 is 11.1 Å². The van der Waals surface area contributed by atoms with Gasteiger partial charge in [0, 0.05) is 5.69 Å². The molecule has 1 amide bonds. The normalized spacial score (nSPS) is 10.4. The van der Waals surface area contributed by atoms with E-state index in [2.05, 4.69) is 5.32 Å². The van der Waals surface area contributed by atoms with Crippen LogP contribution in [0.25, 0.3) is 0 Å². The van der Waals surface area contributed by atoms with Gasteiger partial charge in [-0.15, -0.1) is 0 Å². The van der Waals surface area contributed by atoms with E-state index < -0.39 is 0 Å². The van der Waals surface area contributed by atoms with Gasteiger partial charge in [0.15, 0.2) is 0 Å². The van der Waals surface area contributed by atoms with Crippen LogP contribution in [-0.4, -0.2) is 24.0 Å². The molecule has 0 aromatic heterocycles. The Morgan fingerprint density at radius 1 is 1.33 bits per heavy atom. The number of rotatable bonds is 7. The lowest BCUT2D eigenvalue weighted by molar-refractivity contribution is -0.113. The second-order valence-corrected chi connectivity index (χ2v) is 5.45. The van der Waals surface area contributed by atoms with Gasteiger partial charge in [-0.1, -0.05) is 12.1 Å². The van der Waals surface area contributed by atoms with Gasteiger partial charge in [-0.25, -0.2) is 0 Å². The van der Waals surface area contributed by atoms with Crippen molar-refractivity contribution < 1.29 is 4.79 Å². The molecule has 1 aromatic rings. The van der Waals surface area contributed by atoms with Gasteiger partial charge in [0.1, 0.15) is 0 Å². The highest BCUT2D eigenvalue weighted by Crippen LogP contribution is 2.18. The molecule has 0 unspecified atom stereocenters. The molecular weight excluding hydrogens is 244 g/mol. The van der Waals surface area contributed by atoms with Gasteiger partial charge < -0.3 is 11.1 Å². The zero-order valence-electron chi connectivity index (χ0n) is 11.2. The average molecular weight is 266 g/mol. The molecule has 0 spiro atoms. The summed E-state index contributed by atoms with van der Waals surface area (Å²) in [6.07, 6.45) is 2.11. The summed E-state index contributed by atoms with van der Waals surface area (Å²) in [6.45, 7) is 4.81.